The van der Waals surface area contributed by atoms with Gasteiger partial charge in [-0.1, -0.05) is 12.8 Å². The first kappa shape index (κ1) is 13.9. The van der Waals surface area contributed by atoms with Crippen molar-refractivity contribution >= 4 is 21.7 Å². The molecular formula is C13H20N2O4S. The summed E-state index contributed by atoms with van der Waals surface area (Å²) < 4.78 is 23.0. The molecule has 1 aliphatic carbocycles. The molecule has 1 saturated carbocycles. The van der Waals surface area contributed by atoms with Crippen molar-refractivity contribution in [1.29, 1.82) is 0 Å². The summed E-state index contributed by atoms with van der Waals surface area (Å²) in [7, 11) is -2.94. The van der Waals surface area contributed by atoms with Gasteiger partial charge in [0.1, 0.15) is 5.54 Å². The van der Waals surface area contributed by atoms with E-state index in [9.17, 15) is 18.0 Å². The first-order chi connectivity index (χ1) is 9.40. The molecule has 2 heterocycles. The topological polar surface area (TPSA) is 83.6 Å². The van der Waals surface area contributed by atoms with Gasteiger partial charge in [-0.25, -0.2) is 8.42 Å². The van der Waals surface area contributed by atoms with Gasteiger partial charge in [0.15, 0.2) is 9.84 Å². The molecule has 2 saturated heterocycles. The molecule has 3 fully saturated rings. The van der Waals surface area contributed by atoms with Gasteiger partial charge in [0.05, 0.1) is 18.1 Å². The van der Waals surface area contributed by atoms with Crippen LogP contribution in [0.4, 0.5) is 0 Å². The van der Waals surface area contributed by atoms with Crippen LogP contribution in [0.25, 0.3) is 0 Å². The fraction of sp³-hybridized carbons (Fsp3) is 0.846. The molecule has 2 amide bonds. The van der Waals surface area contributed by atoms with Crippen molar-refractivity contribution in [3.8, 4) is 0 Å². The van der Waals surface area contributed by atoms with Crippen molar-refractivity contribution in [1.82, 2.24) is 10.2 Å². The molecule has 1 N–H and O–H groups in total. The molecule has 20 heavy (non-hydrogen) atoms. The SMILES string of the molecule is O=C1CN(CC2CCS(=O)(=O)C2)C(=O)C2(CCCC2)N1. The first-order valence-electron chi connectivity index (χ1n) is 7.21. The zero-order valence-corrected chi connectivity index (χ0v) is 12.2. The number of hydrogen-bond donors (Lipinski definition) is 1. The second-order valence-electron chi connectivity index (χ2n) is 6.29. The summed E-state index contributed by atoms with van der Waals surface area (Å²) >= 11 is 0. The number of carbonyl (C=O) groups is 2. The van der Waals surface area contributed by atoms with Gasteiger partial charge >= 0.3 is 0 Å². The van der Waals surface area contributed by atoms with Crippen molar-refractivity contribution in [2.75, 3.05) is 24.6 Å². The van der Waals surface area contributed by atoms with Gasteiger partial charge in [-0.3, -0.25) is 9.59 Å². The van der Waals surface area contributed by atoms with E-state index in [1.165, 1.54) is 0 Å². The van der Waals surface area contributed by atoms with E-state index in [-0.39, 0.29) is 35.8 Å². The number of hydrogen-bond acceptors (Lipinski definition) is 4. The number of nitrogens with zero attached hydrogens (tertiary/aromatic N) is 1. The van der Waals surface area contributed by atoms with Crippen molar-refractivity contribution < 1.29 is 18.0 Å². The molecule has 3 aliphatic rings. The Morgan fingerprint density at radius 2 is 1.95 bits per heavy atom. The fourth-order valence-corrected chi connectivity index (χ4v) is 5.55. The molecule has 0 aromatic rings. The average molecular weight is 300 g/mol. The van der Waals surface area contributed by atoms with Crippen LogP contribution >= 0.6 is 0 Å². The van der Waals surface area contributed by atoms with Crippen molar-refractivity contribution in [3.05, 3.63) is 0 Å². The molecule has 0 bridgehead atoms. The summed E-state index contributed by atoms with van der Waals surface area (Å²) in [4.78, 5) is 26.0. The van der Waals surface area contributed by atoms with E-state index in [1.807, 2.05) is 0 Å². The molecule has 0 aromatic heterocycles. The van der Waals surface area contributed by atoms with Gasteiger partial charge in [-0.05, 0) is 25.2 Å². The predicted molar refractivity (Wildman–Crippen MR) is 72.7 cm³/mol. The van der Waals surface area contributed by atoms with Gasteiger partial charge in [0.2, 0.25) is 11.8 Å². The molecule has 0 aromatic carbocycles. The quantitative estimate of drug-likeness (QED) is 0.758. The van der Waals surface area contributed by atoms with E-state index < -0.39 is 15.4 Å². The Morgan fingerprint density at radius 3 is 2.55 bits per heavy atom. The lowest BCUT2D eigenvalue weighted by molar-refractivity contribution is -0.150. The van der Waals surface area contributed by atoms with Gasteiger partial charge < -0.3 is 10.2 Å². The van der Waals surface area contributed by atoms with Crippen LogP contribution in [0, 0.1) is 5.92 Å². The van der Waals surface area contributed by atoms with Gasteiger partial charge in [0.25, 0.3) is 0 Å². The molecule has 112 valence electrons. The minimum absolute atomic E-state index is 0.0149. The summed E-state index contributed by atoms with van der Waals surface area (Å²) in [6.07, 6.45) is 3.92. The van der Waals surface area contributed by atoms with Crippen molar-refractivity contribution in [3.63, 3.8) is 0 Å². The van der Waals surface area contributed by atoms with Crippen LogP contribution in [-0.4, -0.2) is 55.3 Å². The van der Waals surface area contributed by atoms with Gasteiger partial charge in [-0.2, -0.15) is 0 Å². The molecule has 3 rings (SSSR count). The maximum absolute atomic E-state index is 12.6. The Bertz CT molecular complexity index is 537. The molecule has 7 heteroatoms. The highest BCUT2D eigenvalue weighted by atomic mass is 32.2. The number of piperazine rings is 1. The van der Waals surface area contributed by atoms with Crippen LogP contribution in [0.1, 0.15) is 32.1 Å². The third-order valence-electron chi connectivity index (χ3n) is 4.67. The molecule has 1 spiro atoms. The molecule has 6 nitrogen and oxygen atoms in total. The Hall–Kier alpha value is -1.11. The summed E-state index contributed by atoms with van der Waals surface area (Å²) in [5.74, 6) is 0.196. The zero-order chi connectivity index (χ0) is 14.4. The minimum atomic E-state index is -2.94. The second kappa shape index (κ2) is 4.72. The smallest absolute Gasteiger partial charge is 0.248 e. The standard InChI is InChI=1S/C13H20N2O4S/c16-11-8-15(7-10-3-6-20(18,19)9-10)12(17)13(14-11)4-1-2-5-13/h10H,1-9H2,(H,14,16). The van der Waals surface area contributed by atoms with E-state index in [4.69, 9.17) is 0 Å². The lowest BCUT2D eigenvalue weighted by Crippen LogP contribution is -2.66. The summed E-state index contributed by atoms with van der Waals surface area (Å²) in [5.41, 5.74) is -0.702. The Balaban J connectivity index is 1.72. The van der Waals surface area contributed by atoms with Crippen molar-refractivity contribution in [2.45, 2.75) is 37.6 Å². The van der Waals surface area contributed by atoms with Crippen LogP contribution in [0.2, 0.25) is 0 Å². The predicted octanol–water partition coefficient (Wildman–Crippen LogP) is -0.308. The van der Waals surface area contributed by atoms with Crippen molar-refractivity contribution in [2.24, 2.45) is 5.92 Å². The van der Waals surface area contributed by atoms with E-state index >= 15 is 0 Å². The molecule has 2 aliphatic heterocycles. The average Bonchev–Trinajstić information content (AvgIpc) is 2.94. The van der Waals surface area contributed by atoms with E-state index in [1.54, 1.807) is 4.90 Å². The Kier molecular flexibility index (Phi) is 3.27. The highest BCUT2D eigenvalue weighted by molar-refractivity contribution is 7.91. The van der Waals surface area contributed by atoms with Crippen LogP contribution < -0.4 is 5.32 Å². The Morgan fingerprint density at radius 1 is 1.25 bits per heavy atom. The molecule has 0 radical (unpaired) electrons. The third kappa shape index (κ3) is 2.43. The monoisotopic (exact) mass is 300 g/mol. The highest BCUT2D eigenvalue weighted by Gasteiger charge is 2.48. The fourth-order valence-electron chi connectivity index (χ4n) is 3.70. The maximum Gasteiger partial charge on any atom is 0.248 e. The van der Waals surface area contributed by atoms with Gasteiger partial charge in [-0.15, -0.1) is 0 Å². The third-order valence-corrected chi connectivity index (χ3v) is 6.51. The van der Waals surface area contributed by atoms with Gasteiger partial charge in [0, 0.05) is 6.54 Å². The Labute approximate surface area is 118 Å². The number of sulfone groups is 1. The number of rotatable bonds is 2. The van der Waals surface area contributed by atoms with Crippen LogP contribution in [0.15, 0.2) is 0 Å². The molecule has 1 atom stereocenters. The summed E-state index contributed by atoms with van der Waals surface area (Å²) in [6.45, 7) is 0.463. The molecule has 1 unspecified atom stereocenters. The zero-order valence-electron chi connectivity index (χ0n) is 11.4. The van der Waals surface area contributed by atoms with Crippen LogP contribution in [0.5, 0.6) is 0 Å². The maximum atomic E-state index is 12.6. The van der Waals surface area contributed by atoms with Crippen LogP contribution in [-0.2, 0) is 19.4 Å². The number of nitrogens with one attached hydrogen (secondary N) is 1. The lowest BCUT2D eigenvalue weighted by Gasteiger charge is -2.40. The summed E-state index contributed by atoms with van der Waals surface area (Å²) in [6, 6.07) is 0. The first-order valence-corrected chi connectivity index (χ1v) is 9.03. The lowest BCUT2D eigenvalue weighted by atomic mass is 9.92. The molecular weight excluding hydrogens is 280 g/mol. The van der Waals surface area contributed by atoms with Crippen LogP contribution in [0.3, 0.4) is 0 Å². The highest BCUT2D eigenvalue weighted by Crippen LogP contribution is 2.34. The largest absolute Gasteiger partial charge is 0.340 e. The summed E-state index contributed by atoms with van der Waals surface area (Å²) in [5, 5.41) is 2.86. The van der Waals surface area contributed by atoms with E-state index in [0.717, 1.165) is 12.8 Å². The van der Waals surface area contributed by atoms with E-state index in [2.05, 4.69) is 5.32 Å². The number of carbonyl (C=O) groups excluding carboxylic acids is 2. The van der Waals surface area contributed by atoms with E-state index in [0.29, 0.717) is 25.8 Å². The normalized spacial score (nSPS) is 31.8. The number of amides is 2. The second-order valence-corrected chi connectivity index (χ2v) is 8.52. The minimum Gasteiger partial charge on any atom is -0.340 e.